The molecule has 148 valence electrons. The molecule has 0 saturated heterocycles. The largest absolute Gasteiger partial charge is 0.463 e. The fraction of sp³-hybridized carbons (Fsp3) is 0.375. The van der Waals surface area contributed by atoms with Gasteiger partial charge in [-0.05, 0) is 13.8 Å². The van der Waals surface area contributed by atoms with Gasteiger partial charge in [0.15, 0.2) is 0 Å². The summed E-state index contributed by atoms with van der Waals surface area (Å²) in [4.78, 5) is 35.1. The molecular formula is C16H19N7O5. The normalized spacial score (nSPS) is 16.5. The molecule has 0 saturated carbocycles. The summed E-state index contributed by atoms with van der Waals surface area (Å²) < 4.78 is 8.10. The van der Waals surface area contributed by atoms with Crippen molar-refractivity contribution < 1.29 is 19.2 Å². The number of hydrogen-bond donors (Lipinski definition) is 2. The van der Waals surface area contributed by atoms with Crippen molar-refractivity contribution in [1.29, 1.82) is 0 Å². The molecule has 1 atom stereocenters. The Balaban J connectivity index is 2.02. The van der Waals surface area contributed by atoms with Gasteiger partial charge in [-0.2, -0.15) is 10.2 Å². The Labute approximate surface area is 159 Å². The van der Waals surface area contributed by atoms with Gasteiger partial charge in [-0.15, -0.1) is 0 Å². The highest BCUT2D eigenvalue weighted by Gasteiger charge is 2.34. The second-order valence-corrected chi connectivity index (χ2v) is 5.93. The van der Waals surface area contributed by atoms with Gasteiger partial charge in [0.05, 0.1) is 41.6 Å². The van der Waals surface area contributed by atoms with E-state index in [2.05, 4.69) is 20.8 Å². The number of aromatic nitrogens is 4. The molecule has 1 aliphatic rings. The molecule has 12 nitrogen and oxygen atoms in total. The third-order valence-electron chi connectivity index (χ3n) is 4.11. The number of nitrogens with one attached hydrogen (secondary N) is 2. The minimum atomic E-state index is -0.770. The minimum Gasteiger partial charge on any atom is -0.463 e. The van der Waals surface area contributed by atoms with E-state index in [1.54, 1.807) is 24.0 Å². The average molecular weight is 389 g/mol. The lowest BCUT2D eigenvalue weighted by Crippen LogP contribution is -2.46. The summed E-state index contributed by atoms with van der Waals surface area (Å²) in [6.45, 7) is 4.32. The van der Waals surface area contributed by atoms with E-state index < -0.39 is 23.0 Å². The van der Waals surface area contributed by atoms with Gasteiger partial charge in [0.1, 0.15) is 12.4 Å². The van der Waals surface area contributed by atoms with Crippen LogP contribution in [0.3, 0.4) is 0 Å². The third-order valence-corrected chi connectivity index (χ3v) is 4.11. The van der Waals surface area contributed by atoms with Crippen LogP contribution in [0.25, 0.3) is 0 Å². The Morgan fingerprint density at radius 3 is 2.64 bits per heavy atom. The van der Waals surface area contributed by atoms with Gasteiger partial charge in [0, 0.05) is 18.3 Å². The van der Waals surface area contributed by atoms with E-state index in [1.165, 1.54) is 10.9 Å². The van der Waals surface area contributed by atoms with Crippen LogP contribution in [-0.4, -0.2) is 43.1 Å². The first-order valence-electron chi connectivity index (χ1n) is 8.59. The van der Waals surface area contributed by atoms with E-state index in [0.717, 1.165) is 6.20 Å². The molecular weight excluding hydrogens is 370 g/mol. The van der Waals surface area contributed by atoms with Gasteiger partial charge in [0.25, 0.3) is 0 Å². The summed E-state index contributed by atoms with van der Waals surface area (Å²) in [5.74, 6) is -0.610. The van der Waals surface area contributed by atoms with E-state index in [4.69, 9.17) is 4.74 Å². The van der Waals surface area contributed by atoms with Gasteiger partial charge in [-0.1, -0.05) is 0 Å². The van der Waals surface area contributed by atoms with Crippen molar-refractivity contribution in [3.05, 3.63) is 51.7 Å². The number of nitro groups is 1. The van der Waals surface area contributed by atoms with Crippen molar-refractivity contribution in [3.63, 3.8) is 0 Å². The summed E-state index contributed by atoms with van der Waals surface area (Å²) in [5.41, 5.74) is 0.854. The molecule has 28 heavy (non-hydrogen) atoms. The second kappa shape index (κ2) is 7.90. The molecule has 0 aromatic carbocycles. The summed E-state index contributed by atoms with van der Waals surface area (Å²) in [6.07, 6.45) is 5.60. The number of aryl methyl sites for hydroxylation is 1. The number of urea groups is 1. The quantitative estimate of drug-likeness (QED) is 0.406. The highest BCUT2D eigenvalue weighted by Crippen LogP contribution is 2.28. The second-order valence-electron chi connectivity index (χ2n) is 5.93. The summed E-state index contributed by atoms with van der Waals surface area (Å²) in [6, 6.07) is -1.28. The van der Waals surface area contributed by atoms with Gasteiger partial charge in [-0.25, -0.2) is 9.59 Å². The maximum absolute atomic E-state index is 12.6. The molecule has 3 heterocycles. The number of esters is 1. The van der Waals surface area contributed by atoms with E-state index in [1.807, 2.05) is 6.92 Å². The Morgan fingerprint density at radius 1 is 1.29 bits per heavy atom. The molecule has 0 fully saturated rings. The van der Waals surface area contributed by atoms with Gasteiger partial charge in [-0.3, -0.25) is 19.5 Å². The van der Waals surface area contributed by atoms with Gasteiger partial charge in [0.2, 0.25) is 0 Å². The molecule has 3 rings (SSSR count). The number of ether oxygens (including phenoxy) is 1. The number of amides is 2. The predicted octanol–water partition coefficient (Wildman–Crippen LogP) is 0.879. The maximum Gasteiger partial charge on any atom is 0.338 e. The third kappa shape index (κ3) is 3.84. The van der Waals surface area contributed by atoms with Crippen LogP contribution < -0.4 is 10.6 Å². The Bertz CT molecular complexity index is 945. The summed E-state index contributed by atoms with van der Waals surface area (Å²) >= 11 is 0. The molecule has 12 heteroatoms. The van der Waals surface area contributed by atoms with Crippen LogP contribution in [0.15, 0.2) is 36.1 Å². The Morgan fingerprint density at radius 2 is 2.04 bits per heavy atom. The van der Waals surface area contributed by atoms with Crippen LogP contribution in [0.5, 0.6) is 0 Å². The number of allylic oxidation sites excluding steroid dienone is 1. The van der Waals surface area contributed by atoms with Crippen molar-refractivity contribution in [1.82, 2.24) is 30.2 Å². The van der Waals surface area contributed by atoms with Crippen molar-refractivity contribution in [2.75, 3.05) is 6.61 Å². The number of carbonyl (C=O) groups excluding carboxylic acids is 2. The van der Waals surface area contributed by atoms with Gasteiger partial charge >= 0.3 is 17.7 Å². The van der Waals surface area contributed by atoms with Crippen LogP contribution in [-0.2, 0) is 22.6 Å². The van der Waals surface area contributed by atoms with Crippen molar-refractivity contribution in [2.45, 2.75) is 33.0 Å². The molecule has 2 aromatic rings. The van der Waals surface area contributed by atoms with Crippen LogP contribution in [0.4, 0.5) is 10.5 Å². The minimum absolute atomic E-state index is 0.0478. The average Bonchev–Trinajstić information content (AvgIpc) is 3.30. The molecule has 1 unspecified atom stereocenters. The fourth-order valence-corrected chi connectivity index (χ4v) is 2.84. The van der Waals surface area contributed by atoms with E-state index in [0.29, 0.717) is 12.1 Å². The van der Waals surface area contributed by atoms with Crippen molar-refractivity contribution >= 4 is 17.7 Å². The molecule has 0 bridgehead atoms. The standard InChI is InChI=1S/C16H19N7O5/c1-3-21-7-10(5-17-21)14-13(15(24)28-4-2)12(19-16(25)20-14)9-22-8-11(6-18-22)23(26)27/h5-8,14H,3-4,9H2,1-2H3,(H2,19,20,25). The smallest absolute Gasteiger partial charge is 0.338 e. The number of nitrogens with zero attached hydrogens (tertiary/aromatic N) is 5. The fourth-order valence-electron chi connectivity index (χ4n) is 2.84. The summed E-state index contributed by atoms with van der Waals surface area (Å²) in [7, 11) is 0. The van der Waals surface area contributed by atoms with Crippen LogP contribution in [0.1, 0.15) is 25.5 Å². The lowest BCUT2D eigenvalue weighted by molar-refractivity contribution is -0.385. The predicted molar refractivity (Wildman–Crippen MR) is 94.8 cm³/mol. The first-order chi connectivity index (χ1) is 13.4. The Hall–Kier alpha value is -3.70. The SMILES string of the molecule is CCOC(=O)C1=C(Cn2cc([N+](=O)[O-])cn2)NC(=O)NC1c1cnn(CC)c1. The summed E-state index contributed by atoms with van der Waals surface area (Å²) in [5, 5.41) is 24.2. The van der Waals surface area contributed by atoms with Gasteiger partial charge < -0.3 is 15.4 Å². The Kier molecular flexibility index (Phi) is 5.38. The van der Waals surface area contributed by atoms with Crippen LogP contribution in [0.2, 0.25) is 0 Å². The van der Waals surface area contributed by atoms with E-state index in [-0.39, 0.29) is 30.1 Å². The molecule has 0 radical (unpaired) electrons. The molecule has 1 aliphatic heterocycles. The highest BCUT2D eigenvalue weighted by molar-refractivity contribution is 5.95. The zero-order chi connectivity index (χ0) is 20.3. The maximum atomic E-state index is 12.6. The molecule has 0 aliphatic carbocycles. The van der Waals surface area contributed by atoms with Crippen LogP contribution in [0, 0.1) is 10.1 Å². The zero-order valence-electron chi connectivity index (χ0n) is 15.3. The molecule has 2 N–H and O–H groups in total. The van der Waals surface area contributed by atoms with E-state index in [9.17, 15) is 19.7 Å². The number of hydrogen-bond acceptors (Lipinski definition) is 7. The van der Waals surface area contributed by atoms with E-state index >= 15 is 0 Å². The monoisotopic (exact) mass is 389 g/mol. The topological polar surface area (TPSA) is 146 Å². The lowest BCUT2D eigenvalue weighted by Gasteiger charge is -2.28. The number of rotatable bonds is 7. The molecule has 2 aromatic heterocycles. The van der Waals surface area contributed by atoms with Crippen molar-refractivity contribution in [3.8, 4) is 0 Å². The number of carbonyl (C=O) groups is 2. The van der Waals surface area contributed by atoms with Crippen molar-refractivity contribution in [2.24, 2.45) is 0 Å². The highest BCUT2D eigenvalue weighted by atomic mass is 16.6. The molecule has 0 spiro atoms. The zero-order valence-corrected chi connectivity index (χ0v) is 15.3. The molecule has 2 amide bonds. The van der Waals surface area contributed by atoms with Crippen LogP contribution >= 0.6 is 0 Å². The first-order valence-corrected chi connectivity index (χ1v) is 8.59. The first kappa shape index (κ1) is 19.1. The lowest BCUT2D eigenvalue weighted by atomic mass is 9.97.